The highest BCUT2D eigenvalue weighted by Gasteiger charge is 2.28. The summed E-state index contributed by atoms with van der Waals surface area (Å²) in [6, 6.07) is 0. The number of hydrogen-bond acceptors (Lipinski definition) is 5. The van der Waals surface area contributed by atoms with Crippen LogP contribution in [0.15, 0.2) is 6.20 Å². The summed E-state index contributed by atoms with van der Waals surface area (Å²) in [5.41, 5.74) is 3.82. The highest BCUT2D eigenvalue weighted by Crippen LogP contribution is 2.40. The maximum atomic E-state index is 11.3. The first kappa shape index (κ1) is 14.9. The highest BCUT2D eigenvalue weighted by atomic mass is 32.1. The SMILES string of the molecule is CC(=O)CC1CCN(c2nc3c(s2)-c2c(cnn2C)CCC3)C1. The topological polar surface area (TPSA) is 51.0 Å². The Kier molecular flexibility index (Phi) is 3.71. The minimum Gasteiger partial charge on any atom is -0.348 e. The molecular formula is C17H22N4OS. The molecule has 3 heterocycles. The van der Waals surface area contributed by atoms with E-state index >= 15 is 0 Å². The van der Waals surface area contributed by atoms with Gasteiger partial charge >= 0.3 is 0 Å². The Bertz CT molecular complexity index is 748. The Balaban J connectivity index is 1.63. The van der Waals surface area contributed by atoms with Gasteiger partial charge in [-0.3, -0.25) is 4.68 Å². The summed E-state index contributed by atoms with van der Waals surface area (Å²) in [7, 11) is 2.02. The summed E-state index contributed by atoms with van der Waals surface area (Å²) in [4.78, 5) is 19.9. The quantitative estimate of drug-likeness (QED) is 0.868. The Morgan fingerprint density at radius 3 is 3.13 bits per heavy atom. The van der Waals surface area contributed by atoms with Crippen LogP contribution in [0.5, 0.6) is 0 Å². The van der Waals surface area contributed by atoms with Crippen molar-refractivity contribution < 1.29 is 4.79 Å². The lowest BCUT2D eigenvalue weighted by Crippen LogP contribution is -2.20. The van der Waals surface area contributed by atoms with Crippen LogP contribution in [0.2, 0.25) is 0 Å². The van der Waals surface area contributed by atoms with Crippen LogP contribution in [0.1, 0.15) is 37.4 Å². The molecular weight excluding hydrogens is 308 g/mol. The molecule has 1 unspecified atom stereocenters. The smallest absolute Gasteiger partial charge is 0.186 e. The molecule has 2 aromatic heterocycles. The molecule has 0 radical (unpaired) electrons. The third-order valence-electron chi connectivity index (χ3n) is 4.91. The number of thiazole rings is 1. The molecule has 0 aromatic carbocycles. The first-order valence-corrected chi connectivity index (χ1v) is 9.19. The normalized spacial score (nSPS) is 20.3. The van der Waals surface area contributed by atoms with Gasteiger partial charge in [0.2, 0.25) is 0 Å². The predicted octanol–water partition coefficient (Wildman–Crippen LogP) is 2.84. The average Bonchev–Trinajstić information content (AvgIpc) is 3.17. The van der Waals surface area contributed by atoms with E-state index in [0.717, 1.165) is 43.9 Å². The predicted molar refractivity (Wildman–Crippen MR) is 92.0 cm³/mol. The minimum absolute atomic E-state index is 0.297. The fourth-order valence-corrected chi connectivity index (χ4v) is 5.07. The number of rotatable bonds is 3. The van der Waals surface area contributed by atoms with E-state index in [4.69, 9.17) is 4.98 Å². The van der Waals surface area contributed by atoms with Crippen molar-refractivity contribution in [3.63, 3.8) is 0 Å². The van der Waals surface area contributed by atoms with Crippen molar-refractivity contribution in [2.24, 2.45) is 13.0 Å². The maximum absolute atomic E-state index is 11.3. The maximum Gasteiger partial charge on any atom is 0.186 e. The van der Waals surface area contributed by atoms with Crippen molar-refractivity contribution in [1.82, 2.24) is 14.8 Å². The Morgan fingerprint density at radius 1 is 1.43 bits per heavy atom. The molecule has 0 N–H and O–H groups in total. The second kappa shape index (κ2) is 5.74. The van der Waals surface area contributed by atoms with Crippen molar-refractivity contribution >= 4 is 22.3 Å². The molecule has 0 amide bonds. The minimum atomic E-state index is 0.297. The van der Waals surface area contributed by atoms with Crippen LogP contribution in [0, 0.1) is 5.92 Å². The van der Waals surface area contributed by atoms with E-state index < -0.39 is 0 Å². The van der Waals surface area contributed by atoms with Gasteiger partial charge in [-0.25, -0.2) is 4.98 Å². The molecule has 1 aliphatic carbocycles. The number of aromatic nitrogens is 3. The number of fused-ring (bicyclic) bond motifs is 3. The molecule has 2 aliphatic rings. The Morgan fingerprint density at radius 2 is 2.30 bits per heavy atom. The number of hydrogen-bond donors (Lipinski definition) is 0. The molecule has 122 valence electrons. The summed E-state index contributed by atoms with van der Waals surface area (Å²) in [5.74, 6) is 0.787. The van der Waals surface area contributed by atoms with E-state index in [1.54, 1.807) is 18.3 Å². The fourth-order valence-electron chi connectivity index (χ4n) is 3.81. The molecule has 0 saturated carbocycles. The number of Topliss-reactive ketones (excluding diaryl/α,β-unsaturated/α-hetero) is 1. The number of carbonyl (C=O) groups is 1. The standard InChI is InChI=1S/C17H22N4OS/c1-11(22)8-12-6-7-21(10-12)17-19-14-5-3-4-13-9-18-20(2)15(13)16(14)23-17/h9,12H,3-8,10H2,1-2H3. The van der Waals surface area contributed by atoms with E-state index in [9.17, 15) is 4.79 Å². The second-order valence-corrected chi connectivity index (χ2v) is 7.75. The van der Waals surface area contributed by atoms with Crippen molar-refractivity contribution in [2.75, 3.05) is 18.0 Å². The van der Waals surface area contributed by atoms with E-state index in [2.05, 4.69) is 10.00 Å². The van der Waals surface area contributed by atoms with Crippen LogP contribution >= 0.6 is 11.3 Å². The highest BCUT2D eigenvalue weighted by molar-refractivity contribution is 7.19. The molecule has 4 rings (SSSR count). The van der Waals surface area contributed by atoms with Crippen LogP contribution in [-0.4, -0.2) is 33.6 Å². The van der Waals surface area contributed by atoms with Gasteiger partial charge in [0.1, 0.15) is 5.78 Å². The number of ketones is 1. The first-order chi connectivity index (χ1) is 11.1. The summed E-state index contributed by atoms with van der Waals surface area (Å²) in [6.45, 7) is 3.67. The molecule has 1 saturated heterocycles. The molecule has 5 nitrogen and oxygen atoms in total. The number of aryl methyl sites for hydroxylation is 3. The molecule has 0 spiro atoms. The van der Waals surface area contributed by atoms with Gasteiger partial charge in [0.25, 0.3) is 0 Å². The fraction of sp³-hybridized carbons (Fsp3) is 0.588. The first-order valence-electron chi connectivity index (χ1n) is 8.37. The third kappa shape index (κ3) is 2.69. The third-order valence-corrected chi connectivity index (χ3v) is 6.07. The van der Waals surface area contributed by atoms with Crippen LogP contribution in [-0.2, 0) is 24.7 Å². The van der Waals surface area contributed by atoms with Gasteiger partial charge in [0.05, 0.1) is 22.5 Å². The van der Waals surface area contributed by atoms with Gasteiger partial charge in [0, 0.05) is 26.6 Å². The van der Waals surface area contributed by atoms with E-state index in [1.807, 2.05) is 17.9 Å². The average molecular weight is 330 g/mol. The summed E-state index contributed by atoms with van der Waals surface area (Å²) in [6.07, 6.45) is 7.08. The van der Waals surface area contributed by atoms with Crippen molar-refractivity contribution in [3.8, 4) is 10.6 Å². The molecule has 2 aromatic rings. The van der Waals surface area contributed by atoms with Gasteiger partial charge in [-0.1, -0.05) is 11.3 Å². The van der Waals surface area contributed by atoms with Crippen LogP contribution in [0.25, 0.3) is 10.6 Å². The largest absolute Gasteiger partial charge is 0.348 e. The van der Waals surface area contributed by atoms with Gasteiger partial charge < -0.3 is 9.69 Å². The zero-order valence-corrected chi connectivity index (χ0v) is 14.5. The summed E-state index contributed by atoms with van der Waals surface area (Å²) in [5, 5.41) is 5.56. The summed E-state index contributed by atoms with van der Waals surface area (Å²) < 4.78 is 1.99. The van der Waals surface area contributed by atoms with E-state index in [0.29, 0.717) is 18.1 Å². The van der Waals surface area contributed by atoms with Crippen molar-refractivity contribution in [3.05, 3.63) is 17.5 Å². The van der Waals surface area contributed by atoms with Crippen LogP contribution in [0.4, 0.5) is 5.13 Å². The van der Waals surface area contributed by atoms with Gasteiger partial charge in [0.15, 0.2) is 5.13 Å². The van der Waals surface area contributed by atoms with E-state index in [1.165, 1.54) is 21.8 Å². The zero-order valence-electron chi connectivity index (χ0n) is 13.7. The molecule has 1 aliphatic heterocycles. The lowest BCUT2D eigenvalue weighted by molar-refractivity contribution is -0.117. The van der Waals surface area contributed by atoms with Crippen LogP contribution in [0.3, 0.4) is 0 Å². The molecule has 23 heavy (non-hydrogen) atoms. The monoisotopic (exact) mass is 330 g/mol. The van der Waals surface area contributed by atoms with Gasteiger partial charge in [-0.2, -0.15) is 5.10 Å². The Labute approximate surface area is 140 Å². The van der Waals surface area contributed by atoms with Crippen LogP contribution < -0.4 is 4.90 Å². The van der Waals surface area contributed by atoms with Crippen molar-refractivity contribution in [1.29, 1.82) is 0 Å². The Hall–Kier alpha value is -1.69. The van der Waals surface area contributed by atoms with Gasteiger partial charge in [-0.15, -0.1) is 0 Å². The summed E-state index contributed by atoms with van der Waals surface area (Å²) >= 11 is 1.80. The lowest BCUT2D eigenvalue weighted by atomic mass is 10.0. The molecule has 6 heteroatoms. The lowest BCUT2D eigenvalue weighted by Gasteiger charge is -2.14. The second-order valence-electron chi connectivity index (χ2n) is 6.77. The number of nitrogens with zero attached hydrogens (tertiary/aromatic N) is 4. The van der Waals surface area contributed by atoms with E-state index in [-0.39, 0.29) is 0 Å². The zero-order chi connectivity index (χ0) is 16.0. The van der Waals surface area contributed by atoms with Gasteiger partial charge in [-0.05, 0) is 44.1 Å². The number of carbonyl (C=O) groups excluding carboxylic acids is 1. The molecule has 1 fully saturated rings. The number of anilines is 1. The molecule has 1 atom stereocenters. The van der Waals surface area contributed by atoms with Crippen molar-refractivity contribution in [2.45, 2.75) is 39.0 Å². The molecule has 0 bridgehead atoms.